The second-order valence-corrected chi connectivity index (χ2v) is 7.15. The van der Waals surface area contributed by atoms with Gasteiger partial charge in [-0.05, 0) is 44.0 Å². The number of anilines is 2. The Balaban J connectivity index is 1.46. The first-order valence-electron chi connectivity index (χ1n) is 9.44. The largest absolute Gasteiger partial charge is 0.384 e. The molecule has 3 rings (SSSR count). The van der Waals surface area contributed by atoms with Crippen molar-refractivity contribution in [1.82, 2.24) is 4.90 Å². The number of benzene rings is 2. The maximum atomic E-state index is 12.5. The molecule has 1 amide bonds. The van der Waals surface area contributed by atoms with Gasteiger partial charge in [0.05, 0.1) is 0 Å². The number of piperazine rings is 1. The lowest BCUT2D eigenvalue weighted by atomic mass is 10.1. The van der Waals surface area contributed by atoms with Gasteiger partial charge < -0.3 is 15.1 Å². The molecule has 1 heterocycles. The van der Waals surface area contributed by atoms with Crippen molar-refractivity contribution in [3.05, 3.63) is 59.2 Å². The van der Waals surface area contributed by atoms with Crippen LogP contribution in [0.15, 0.2) is 42.5 Å². The summed E-state index contributed by atoms with van der Waals surface area (Å²) in [4.78, 5) is 16.9. The van der Waals surface area contributed by atoms with Crippen molar-refractivity contribution in [2.45, 2.75) is 27.2 Å². The molecule has 0 aliphatic carbocycles. The number of hydrogen-bond donors (Lipinski definition) is 1. The molecule has 0 spiro atoms. The van der Waals surface area contributed by atoms with Crippen LogP contribution in [-0.4, -0.2) is 43.5 Å². The molecule has 2 aromatic rings. The van der Waals surface area contributed by atoms with Crippen LogP contribution in [0.3, 0.4) is 0 Å². The number of nitrogens with one attached hydrogen (secondary N) is 1. The first-order valence-corrected chi connectivity index (χ1v) is 9.44. The third-order valence-electron chi connectivity index (χ3n) is 5.07. The van der Waals surface area contributed by atoms with Crippen LogP contribution in [-0.2, 0) is 4.79 Å². The van der Waals surface area contributed by atoms with E-state index < -0.39 is 0 Å². The number of rotatable bonds is 5. The van der Waals surface area contributed by atoms with Crippen molar-refractivity contribution < 1.29 is 4.79 Å². The van der Waals surface area contributed by atoms with E-state index in [1.165, 1.54) is 22.4 Å². The highest BCUT2D eigenvalue weighted by molar-refractivity contribution is 5.77. The van der Waals surface area contributed by atoms with E-state index in [2.05, 4.69) is 67.4 Å². The molecule has 0 saturated carbocycles. The SMILES string of the molecule is Cc1cc(C)c(NCCC(=O)N2CCN(c3ccccc3)CC2)c(C)c1. The number of para-hydroxylation sites is 1. The van der Waals surface area contributed by atoms with Gasteiger partial charge >= 0.3 is 0 Å². The number of carbonyl (C=O) groups is 1. The van der Waals surface area contributed by atoms with E-state index in [9.17, 15) is 4.79 Å². The first-order chi connectivity index (χ1) is 12.5. The molecule has 1 fully saturated rings. The van der Waals surface area contributed by atoms with Gasteiger partial charge in [0.15, 0.2) is 0 Å². The number of amides is 1. The van der Waals surface area contributed by atoms with Crippen LogP contribution in [0.25, 0.3) is 0 Å². The second kappa shape index (κ2) is 8.26. The topological polar surface area (TPSA) is 35.6 Å². The van der Waals surface area contributed by atoms with Crippen molar-refractivity contribution in [1.29, 1.82) is 0 Å². The molecular formula is C22H29N3O. The summed E-state index contributed by atoms with van der Waals surface area (Å²) >= 11 is 0. The van der Waals surface area contributed by atoms with Crippen molar-refractivity contribution in [2.24, 2.45) is 0 Å². The molecule has 138 valence electrons. The lowest BCUT2D eigenvalue weighted by Gasteiger charge is -2.36. The fourth-order valence-electron chi connectivity index (χ4n) is 3.76. The molecular weight excluding hydrogens is 322 g/mol. The minimum absolute atomic E-state index is 0.243. The molecule has 1 saturated heterocycles. The van der Waals surface area contributed by atoms with Gasteiger partial charge in [0.1, 0.15) is 0 Å². The fourth-order valence-corrected chi connectivity index (χ4v) is 3.76. The molecule has 0 bridgehead atoms. The summed E-state index contributed by atoms with van der Waals surface area (Å²) < 4.78 is 0. The third-order valence-corrected chi connectivity index (χ3v) is 5.07. The second-order valence-electron chi connectivity index (χ2n) is 7.15. The zero-order valence-electron chi connectivity index (χ0n) is 16.1. The Morgan fingerprint density at radius 1 is 0.962 bits per heavy atom. The zero-order chi connectivity index (χ0) is 18.5. The zero-order valence-corrected chi connectivity index (χ0v) is 16.1. The maximum absolute atomic E-state index is 12.5. The predicted molar refractivity (Wildman–Crippen MR) is 109 cm³/mol. The Morgan fingerprint density at radius 2 is 1.58 bits per heavy atom. The number of aryl methyl sites for hydroxylation is 3. The summed E-state index contributed by atoms with van der Waals surface area (Å²) in [7, 11) is 0. The van der Waals surface area contributed by atoms with Crippen LogP contribution in [0.2, 0.25) is 0 Å². The Hall–Kier alpha value is -2.49. The molecule has 0 radical (unpaired) electrons. The highest BCUT2D eigenvalue weighted by Gasteiger charge is 2.20. The Morgan fingerprint density at radius 3 is 2.19 bits per heavy atom. The standard InChI is InChI=1S/C22H29N3O/c1-17-15-18(2)22(19(3)16-17)23-10-9-21(26)25-13-11-24(12-14-25)20-7-5-4-6-8-20/h4-8,15-16,23H,9-14H2,1-3H3. The Labute approximate surface area is 156 Å². The van der Waals surface area contributed by atoms with Crippen molar-refractivity contribution in [3.8, 4) is 0 Å². The maximum Gasteiger partial charge on any atom is 0.224 e. The lowest BCUT2D eigenvalue weighted by Crippen LogP contribution is -2.49. The van der Waals surface area contributed by atoms with Crippen LogP contribution >= 0.6 is 0 Å². The number of carbonyl (C=O) groups excluding carboxylic acids is 1. The van der Waals surface area contributed by atoms with E-state index in [0.717, 1.165) is 31.9 Å². The summed E-state index contributed by atoms with van der Waals surface area (Å²) in [6, 6.07) is 14.8. The van der Waals surface area contributed by atoms with E-state index in [1.807, 2.05) is 11.0 Å². The Kier molecular flexibility index (Phi) is 5.82. The van der Waals surface area contributed by atoms with E-state index in [0.29, 0.717) is 13.0 Å². The van der Waals surface area contributed by atoms with Crippen molar-refractivity contribution in [2.75, 3.05) is 42.9 Å². The Bertz CT molecular complexity index is 726. The first kappa shape index (κ1) is 18.3. The molecule has 2 aromatic carbocycles. The molecule has 4 heteroatoms. The van der Waals surface area contributed by atoms with Gasteiger partial charge in [-0.15, -0.1) is 0 Å². The highest BCUT2D eigenvalue weighted by atomic mass is 16.2. The van der Waals surface area contributed by atoms with Gasteiger partial charge in [0, 0.05) is 50.5 Å². The van der Waals surface area contributed by atoms with Crippen LogP contribution in [0, 0.1) is 20.8 Å². The predicted octanol–water partition coefficient (Wildman–Crippen LogP) is 3.76. The molecule has 1 N–H and O–H groups in total. The average Bonchev–Trinajstić information content (AvgIpc) is 2.64. The summed E-state index contributed by atoms with van der Waals surface area (Å²) in [5, 5.41) is 3.46. The van der Waals surface area contributed by atoms with Gasteiger partial charge in [-0.25, -0.2) is 0 Å². The molecule has 0 unspecified atom stereocenters. The van der Waals surface area contributed by atoms with E-state index >= 15 is 0 Å². The van der Waals surface area contributed by atoms with Crippen molar-refractivity contribution in [3.63, 3.8) is 0 Å². The minimum atomic E-state index is 0.243. The average molecular weight is 351 g/mol. The van der Waals surface area contributed by atoms with Crippen molar-refractivity contribution >= 4 is 17.3 Å². The summed E-state index contributed by atoms with van der Waals surface area (Å²) in [6.45, 7) is 10.4. The highest BCUT2D eigenvalue weighted by Crippen LogP contribution is 2.22. The summed E-state index contributed by atoms with van der Waals surface area (Å²) in [5.74, 6) is 0.243. The molecule has 4 nitrogen and oxygen atoms in total. The van der Waals surface area contributed by atoms with Gasteiger partial charge in [0.2, 0.25) is 5.91 Å². The number of hydrogen-bond acceptors (Lipinski definition) is 3. The van der Waals surface area contributed by atoms with Gasteiger partial charge in [0.25, 0.3) is 0 Å². The molecule has 1 aliphatic heterocycles. The third kappa shape index (κ3) is 4.37. The van der Waals surface area contributed by atoms with Crippen LogP contribution in [0.1, 0.15) is 23.1 Å². The normalized spacial score (nSPS) is 14.4. The summed E-state index contributed by atoms with van der Waals surface area (Å²) in [6.07, 6.45) is 0.540. The van der Waals surface area contributed by atoms with Crippen LogP contribution < -0.4 is 10.2 Å². The van der Waals surface area contributed by atoms with E-state index in [-0.39, 0.29) is 5.91 Å². The molecule has 1 aliphatic rings. The lowest BCUT2D eigenvalue weighted by molar-refractivity contribution is -0.131. The fraction of sp³-hybridized carbons (Fsp3) is 0.409. The quantitative estimate of drug-likeness (QED) is 0.891. The summed E-state index contributed by atoms with van der Waals surface area (Å²) in [5.41, 5.74) is 6.17. The smallest absolute Gasteiger partial charge is 0.224 e. The minimum Gasteiger partial charge on any atom is -0.384 e. The van der Waals surface area contributed by atoms with Gasteiger partial charge in [-0.3, -0.25) is 4.79 Å². The van der Waals surface area contributed by atoms with Crippen LogP contribution in [0.4, 0.5) is 11.4 Å². The van der Waals surface area contributed by atoms with Gasteiger partial charge in [-0.1, -0.05) is 35.9 Å². The van der Waals surface area contributed by atoms with Crippen LogP contribution in [0.5, 0.6) is 0 Å². The number of nitrogens with zero attached hydrogens (tertiary/aromatic N) is 2. The van der Waals surface area contributed by atoms with E-state index in [1.54, 1.807) is 0 Å². The van der Waals surface area contributed by atoms with E-state index in [4.69, 9.17) is 0 Å². The molecule has 0 atom stereocenters. The molecule has 26 heavy (non-hydrogen) atoms. The molecule has 0 aromatic heterocycles. The monoisotopic (exact) mass is 351 g/mol. The van der Waals surface area contributed by atoms with Gasteiger partial charge in [-0.2, -0.15) is 0 Å².